The second-order valence-electron chi connectivity index (χ2n) is 5.27. The van der Waals surface area contributed by atoms with Gasteiger partial charge in [-0.2, -0.15) is 0 Å². The molecule has 1 amide bonds. The number of primary amides is 1. The van der Waals surface area contributed by atoms with Gasteiger partial charge in [-0.1, -0.05) is 12.1 Å². The number of rotatable bonds is 5. The molecular weight excluding hydrogens is 259 g/mol. The minimum atomic E-state index is -0.514. The van der Waals surface area contributed by atoms with Crippen molar-refractivity contribution in [2.75, 3.05) is 19.7 Å². The van der Waals surface area contributed by atoms with Crippen molar-refractivity contribution in [1.29, 1.82) is 0 Å². The monoisotopic (exact) mass is 280 g/mol. The van der Waals surface area contributed by atoms with Gasteiger partial charge >= 0.3 is 0 Å². The molecule has 0 aliphatic carbocycles. The van der Waals surface area contributed by atoms with Gasteiger partial charge in [0.05, 0.1) is 6.61 Å². The molecule has 1 saturated heterocycles. The van der Waals surface area contributed by atoms with E-state index in [-0.39, 0.29) is 5.82 Å². The van der Waals surface area contributed by atoms with Crippen molar-refractivity contribution in [3.8, 4) is 0 Å². The van der Waals surface area contributed by atoms with Gasteiger partial charge in [-0.05, 0) is 37.5 Å². The fourth-order valence-electron chi connectivity index (χ4n) is 2.49. The van der Waals surface area contributed by atoms with Gasteiger partial charge in [-0.25, -0.2) is 4.39 Å². The number of amides is 1. The Morgan fingerprint density at radius 1 is 1.60 bits per heavy atom. The third-order valence-electron chi connectivity index (χ3n) is 3.78. The van der Waals surface area contributed by atoms with Gasteiger partial charge in [0.2, 0.25) is 5.91 Å². The normalized spacial score (nSPS) is 21.6. The lowest BCUT2D eigenvalue weighted by molar-refractivity contribution is -0.136. The average Bonchev–Trinajstić information content (AvgIpc) is 2.45. The van der Waals surface area contributed by atoms with Gasteiger partial charge in [-0.3, -0.25) is 9.69 Å². The topological polar surface area (TPSA) is 55.6 Å². The first-order chi connectivity index (χ1) is 9.56. The lowest BCUT2D eigenvalue weighted by atomic mass is 10.0. The Labute approximate surface area is 118 Å². The molecule has 4 nitrogen and oxygen atoms in total. The maximum absolute atomic E-state index is 13.1. The summed E-state index contributed by atoms with van der Waals surface area (Å²) in [5, 5.41) is 0. The van der Waals surface area contributed by atoms with Crippen LogP contribution in [0.3, 0.4) is 0 Å². The number of nitrogens with zero attached hydrogens (tertiary/aromatic N) is 1. The summed E-state index contributed by atoms with van der Waals surface area (Å²) in [6.45, 7) is 3.98. The summed E-state index contributed by atoms with van der Waals surface area (Å²) in [5.74, 6) is -0.609. The molecule has 0 radical (unpaired) electrons. The van der Waals surface area contributed by atoms with E-state index in [9.17, 15) is 9.18 Å². The van der Waals surface area contributed by atoms with Crippen LogP contribution < -0.4 is 5.73 Å². The predicted octanol–water partition coefficient (Wildman–Crippen LogP) is 1.33. The van der Waals surface area contributed by atoms with E-state index in [0.29, 0.717) is 19.2 Å². The molecule has 1 heterocycles. The van der Waals surface area contributed by atoms with E-state index in [4.69, 9.17) is 10.5 Å². The summed E-state index contributed by atoms with van der Waals surface area (Å²) in [4.78, 5) is 13.4. The summed E-state index contributed by atoms with van der Waals surface area (Å²) in [5.41, 5.74) is 6.28. The van der Waals surface area contributed by atoms with Crippen LogP contribution in [0.1, 0.15) is 18.9 Å². The van der Waals surface area contributed by atoms with Gasteiger partial charge < -0.3 is 10.5 Å². The number of halogens is 1. The molecule has 1 aliphatic rings. The van der Waals surface area contributed by atoms with Crippen molar-refractivity contribution in [3.63, 3.8) is 0 Å². The van der Waals surface area contributed by atoms with E-state index in [1.54, 1.807) is 12.1 Å². The summed E-state index contributed by atoms with van der Waals surface area (Å²) >= 11 is 0. The Morgan fingerprint density at radius 3 is 3.10 bits per heavy atom. The zero-order valence-corrected chi connectivity index (χ0v) is 11.7. The summed E-state index contributed by atoms with van der Waals surface area (Å²) in [6, 6.07) is 6.99. The maximum atomic E-state index is 13.1. The molecular formula is C15H21FN2O2. The van der Waals surface area contributed by atoms with Gasteiger partial charge in [0.25, 0.3) is 0 Å². The highest BCUT2D eigenvalue weighted by Crippen LogP contribution is 2.14. The van der Waals surface area contributed by atoms with E-state index < -0.39 is 12.0 Å². The number of nitrogens with two attached hydrogens (primary N) is 1. The van der Waals surface area contributed by atoms with E-state index in [1.165, 1.54) is 6.07 Å². The molecule has 0 spiro atoms. The van der Waals surface area contributed by atoms with Crippen molar-refractivity contribution in [2.24, 2.45) is 5.73 Å². The maximum Gasteiger partial charge on any atom is 0.247 e. The van der Waals surface area contributed by atoms with Gasteiger partial charge in [0, 0.05) is 19.1 Å². The molecule has 2 rings (SSSR count). The van der Waals surface area contributed by atoms with Crippen LogP contribution in [0, 0.1) is 5.82 Å². The van der Waals surface area contributed by atoms with Gasteiger partial charge in [0.1, 0.15) is 11.9 Å². The molecule has 20 heavy (non-hydrogen) atoms. The van der Waals surface area contributed by atoms with Gasteiger partial charge in [-0.15, -0.1) is 0 Å². The first kappa shape index (κ1) is 14.9. The molecule has 0 saturated carbocycles. The Morgan fingerprint density at radius 2 is 2.40 bits per heavy atom. The quantitative estimate of drug-likeness (QED) is 0.885. The molecule has 5 heteroatoms. The lowest BCUT2D eigenvalue weighted by Gasteiger charge is -2.35. The standard InChI is InChI=1S/C15H21FN2O2/c1-11(5-6-12-3-2-4-13(16)9-12)18-7-8-20-14(10-18)15(17)19/h2-4,9,11,14H,5-8,10H2,1H3,(H2,17,19)/t11-,14+/m0/s1. The number of carbonyl (C=O) groups excluding carboxylic acids is 1. The van der Waals surface area contributed by atoms with E-state index >= 15 is 0 Å². The Kier molecular flexibility index (Phi) is 5.09. The van der Waals surface area contributed by atoms with Crippen LogP contribution in [0.15, 0.2) is 24.3 Å². The third-order valence-corrected chi connectivity index (χ3v) is 3.78. The molecule has 1 aromatic carbocycles. The van der Waals surface area contributed by atoms with Crippen LogP contribution in [0.5, 0.6) is 0 Å². The van der Waals surface area contributed by atoms with Crippen LogP contribution in [-0.2, 0) is 16.0 Å². The Bertz CT molecular complexity index is 467. The van der Waals surface area contributed by atoms with E-state index in [1.807, 2.05) is 6.07 Å². The number of benzene rings is 1. The molecule has 2 atom stereocenters. The molecule has 1 aliphatic heterocycles. The molecule has 2 N–H and O–H groups in total. The molecule has 0 unspecified atom stereocenters. The highest BCUT2D eigenvalue weighted by atomic mass is 19.1. The second-order valence-corrected chi connectivity index (χ2v) is 5.27. The third kappa shape index (κ3) is 4.02. The fraction of sp³-hybridized carbons (Fsp3) is 0.533. The largest absolute Gasteiger partial charge is 0.367 e. The smallest absolute Gasteiger partial charge is 0.247 e. The van der Waals surface area contributed by atoms with E-state index in [2.05, 4.69) is 11.8 Å². The minimum Gasteiger partial charge on any atom is -0.367 e. The van der Waals surface area contributed by atoms with Crippen LogP contribution >= 0.6 is 0 Å². The number of morpholine rings is 1. The predicted molar refractivity (Wildman–Crippen MR) is 74.7 cm³/mol. The molecule has 0 aromatic heterocycles. The average molecular weight is 280 g/mol. The van der Waals surface area contributed by atoms with Crippen LogP contribution in [0.2, 0.25) is 0 Å². The van der Waals surface area contributed by atoms with Crippen LogP contribution in [0.25, 0.3) is 0 Å². The fourth-order valence-corrected chi connectivity index (χ4v) is 2.49. The highest BCUT2D eigenvalue weighted by Gasteiger charge is 2.27. The Balaban J connectivity index is 1.85. The molecule has 1 fully saturated rings. The lowest BCUT2D eigenvalue weighted by Crippen LogP contribution is -2.51. The number of ether oxygens (including phenoxy) is 1. The second kappa shape index (κ2) is 6.81. The van der Waals surface area contributed by atoms with Crippen molar-refractivity contribution in [1.82, 2.24) is 4.90 Å². The number of hydrogen-bond acceptors (Lipinski definition) is 3. The zero-order chi connectivity index (χ0) is 14.5. The number of carbonyl (C=O) groups is 1. The highest BCUT2D eigenvalue weighted by molar-refractivity contribution is 5.79. The minimum absolute atomic E-state index is 0.199. The summed E-state index contributed by atoms with van der Waals surface area (Å²) < 4.78 is 18.4. The van der Waals surface area contributed by atoms with Crippen LogP contribution in [-0.4, -0.2) is 42.6 Å². The molecule has 0 bridgehead atoms. The van der Waals surface area contributed by atoms with Crippen LogP contribution in [0.4, 0.5) is 4.39 Å². The van der Waals surface area contributed by atoms with Crippen molar-refractivity contribution in [2.45, 2.75) is 31.9 Å². The van der Waals surface area contributed by atoms with Crippen molar-refractivity contribution >= 4 is 5.91 Å². The van der Waals surface area contributed by atoms with E-state index in [0.717, 1.165) is 24.9 Å². The summed E-state index contributed by atoms with van der Waals surface area (Å²) in [7, 11) is 0. The van der Waals surface area contributed by atoms with Crippen molar-refractivity contribution < 1.29 is 13.9 Å². The molecule has 1 aromatic rings. The number of hydrogen-bond donors (Lipinski definition) is 1. The first-order valence-corrected chi connectivity index (χ1v) is 6.95. The number of aryl methyl sites for hydroxylation is 1. The van der Waals surface area contributed by atoms with Crippen molar-refractivity contribution in [3.05, 3.63) is 35.6 Å². The molecule has 110 valence electrons. The first-order valence-electron chi connectivity index (χ1n) is 6.95. The SMILES string of the molecule is C[C@@H](CCc1cccc(F)c1)N1CCO[C@@H](C(N)=O)C1. The van der Waals surface area contributed by atoms with Gasteiger partial charge in [0.15, 0.2) is 0 Å². The Hall–Kier alpha value is -1.46. The zero-order valence-electron chi connectivity index (χ0n) is 11.7. The summed E-state index contributed by atoms with van der Waals surface area (Å²) in [6.07, 6.45) is 1.22.